The lowest BCUT2D eigenvalue weighted by Crippen LogP contribution is -2.42. The average molecular weight is 252 g/mol. The number of carbonyl (C=O) groups is 2. The number of nitrogens with zero attached hydrogens (tertiary/aromatic N) is 1. The highest BCUT2D eigenvalue weighted by Crippen LogP contribution is 2.27. The molecular formula is C14H24N2O2. The maximum absolute atomic E-state index is 12.0. The quantitative estimate of drug-likeness (QED) is 0.758. The van der Waals surface area contributed by atoms with Gasteiger partial charge in [-0.1, -0.05) is 25.7 Å². The normalized spacial score (nSPS) is 25.7. The Kier molecular flexibility index (Phi) is 4.38. The molecule has 0 aromatic rings. The van der Waals surface area contributed by atoms with Gasteiger partial charge in [0.2, 0.25) is 11.8 Å². The summed E-state index contributed by atoms with van der Waals surface area (Å²) in [5.41, 5.74) is 0. The van der Waals surface area contributed by atoms with Crippen molar-refractivity contribution in [3.05, 3.63) is 0 Å². The minimum atomic E-state index is -0.277. The Labute approximate surface area is 109 Å². The van der Waals surface area contributed by atoms with Crippen LogP contribution < -0.4 is 5.32 Å². The summed E-state index contributed by atoms with van der Waals surface area (Å²) in [4.78, 5) is 25.1. The first-order chi connectivity index (χ1) is 8.59. The van der Waals surface area contributed by atoms with Gasteiger partial charge in [0.05, 0.1) is 12.5 Å². The number of amides is 2. The second-order valence-corrected chi connectivity index (χ2v) is 5.85. The first kappa shape index (κ1) is 13.5. The third kappa shape index (κ3) is 2.91. The standard InChI is InChI=1S/C14H24N2O2/c1-10(2)16-13(17)9-12(14(16)18)15-8-7-11-5-3-4-6-11/h10-12,15H,3-9H2,1-2H3. The van der Waals surface area contributed by atoms with Gasteiger partial charge in [-0.3, -0.25) is 14.5 Å². The first-order valence-electron chi connectivity index (χ1n) is 7.19. The number of imide groups is 1. The van der Waals surface area contributed by atoms with E-state index in [1.807, 2.05) is 13.8 Å². The molecular weight excluding hydrogens is 228 g/mol. The van der Waals surface area contributed by atoms with Gasteiger partial charge >= 0.3 is 0 Å². The lowest BCUT2D eigenvalue weighted by Gasteiger charge is -2.19. The number of nitrogens with one attached hydrogen (secondary N) is 1. The van der Waals surface area contributed by atoms with Crippen LogP contribution in [0.3, 0.4) is 0 Å². The van der Waals surface area contributed by atoms with Gasteiger partial charge in [-0.05, 0) is 32.7 Å². The molecule has 4 heteroatoms. The molecule has 1 atom stereocenters. The van der Waals surface area contributed by atoms with E-state index >= 15 is 0 Å². The molecule has 0 radical (unpaired) electrons. The number of carbonyl (C=O) groups excluding carboxylic acids is 2. The Hall–Kier alpha value is -0.900. The van der Waals surface area contributed by atoms with Gasteiger partial charge in [0.15, 0.2) is 0 Å². The molecule has 2 rings (SSSR count). The van der Waals surface area contributed by atoms with Gasteiger partial charge in [0.1, 0.15) is 0 Å². The molecule has 1 aliphatic heterocycles. The topological polar surface area (TPSA) is 49.4 Å². The van der Waals surface area contributed by atoms with Gasteiger partial charge in [0.25, 0.3) is 0 Å². The molecule has 0 bridgehead atoms. The van der Waals surface area contributed by atoms with Crippen molar-refractivity contribution in [2.45, 2.75) is 64.5 Å². The summed E-state index contributed by atoms with van der Waals surface area (Å²) in [7, 11) is 0. The summed E-state index contributed by atoms with van der Waals surface area (Å²) in [6, 6.07) is -0.298. The van der Waals surface area contributed by atoms with Crippen molar-refractivity contribution in [2.24, 2.45) is 5.92 Å². The molecule has 4 nitrogen and oxygen atoms in total. The van der Waals surface area contributed by atoms with E-state index in [1.165, 1.54) is 30.6 Å². The van der Waals surface area contributed by atoms with E-state index in [1.54, 1.807) is 0 Å². The number of rotatable bonds is 5. The predicted molar refractivity (Wildman–Crippen MR) is 70.0 cm³/mol. The third-order valence-corrected chi connectivity index (χ3v) is 4.12. The Balaban J connectivity index is 1.76. The molecule has 1 aliphatic carbocycles. The maximum atomic E-state index is 12.0. The van der Waals surface area contributed by atoms with Crippen LogP contribution in [0, 0.1) is 5.92 Å². The minimum absolute atomic E-state index is 0.0216. The highest BCUT2D eigenvalue weighted by atomic mass is 16.2. The van der Waals surface area contributed by atoms with E-state index in [-0.39, 0.29) is 23.9 Å². The van der Waals surface area contributed by atoms with Crippen LogP contribution in [0.4, 0.5) is 0 Å². The van der Waals surface area contributed by atoms with Gasteiger partial charge in [-0.2, -0.15) is 0 Å². The van der Waals surface area contributed by atoms with Crippen molar-refractivity contribution in [1.29, 1.82) is 0 Å². The van der Waals surface area contributed by atoms with E-state index in [4.69, 9.17) is 0 Å². The second-order valence-electron chi connectivity index (χ2n) is 5.85. The van der Waals surface area contributed by atoms with Gasteiger partial charge < -0.3 is 5.32 Å². The third-order valence-electron chi connectivity index (χ3n) is 4.12. The van der Waals surface area contributed by atoms with Crippen molar-refractivity contribution in [3.63, 3.8) is 0 Å². The number of hydrogen-bond donors (Lipinski definition) is 1. The zero-order valence-corrected chi connectivity index (χ0v) is 11.4. The Morgan fingerprint density at radius 3 is 2.50 bits per heavy atom. The van der Waals surface area contributed by atoms with E-state index in [0.29, 0.717) is 6.42 Å². The molecule has 1 unspecified atom stereocenters. The van der Waals surface area contributed by atoms with Crippen LogP contribution in [-0.4, -0.2) is 35.3 Å². The molecule has 1 saturated heterocycles. The van der Waals surface area contributed by atoms with Crippen LogP contribution >= 0.6 is 0 Å². The zero-order valence-electron chi connectivity index (χ0n) is 11.4. The minimum Gasteiger partial charge on any atom is -0.305 e. The zero-order chi connectivity index (χ0) is 13.1. The largest absolute Gasteiger partial charge is 0.305 e. The maximum Gasteiger partial charge on any atom is 0.247 e. The van der Waals surface area contributed by atoms with Crippen LogP contribution in [0.15, 0.2) is 0 Å². The van der Waals surface area contributed by atoms with E-state index < -0.39 is 0 Å². The fourth-order valence-corrected chi connectivity index (χ4v) is 3.11. The molecule has 1 saturated carbocycles. The molecule has 0 aromatic carbocycles. The molecule has 1 N–H and O–H groups in total. The van der Waals surface area contributed by atoms with Crippen LogP contribution in [0.5, 0.6) is 0 Å². The first-order valence-corrected chi connectivity index (χ1v) is 7.19. The molecule has 2 amide bonds. The summed E-state index contributed by atoms with van der Waals surface area (Å²) < 4.78 is 0. The van der Waals surface area contributed by atoms with E-state index in [0.717, 1.165) is 18.9 Å². The molecule has 2 fully saturated rings. The Morgan fingerprint density at radius 2 is 1.94 bits per heavy atom. The highest BCUT2D eigenvalue weighted by molar-refractivity contribution is 6.05. The predicted octanol–water partition coefficient (Wildman–Crippen LogP) is 1.69. The summed E-state index contributed by atoms with van der Waals surface area (Å²) in [6.07, 6.45) is 6.84. The van der Waals surface area contributed by atoms with E-state index in [2.05, 4.69) is 5.32 Å². The lowest BCUT2D eigenvalue weighted by atomic mass is 10.0. The van der Waals surface area contributed by atoms with Gasteiger partial charge in [0, 0.05) is 6.04 Å². The number of hydrogen-bond acceptors (Lipinski definition) is 3. The van der Waals surface area contributed by atoms with Crippen molar-refractivity contribution in [2.75, 3.05) is 6.54 Å². The van der Waals surface area contributed by atoms with Gasteiger partial charge in [-0.25, -0.2) is 0 Å². The molecule has 0 spiro atoms. The van der Waals surface area contributed by atoms with Crippen molar-refractivity contribution in [1.82, 2.24) is 10.2 Å². The Morgan fingerprint density at radius 1 is 1.28 bits per heavy atom. The van der Waals surface area contributed by atoms with Crippen molar-refractivity contribution < 1.29 is 9.59 Å². The summed E-state index contributed by atoms with van der Waals surface area (Å²) in [5, 5.41) is 3.26. The smallest absolute Gasteiger partial charge is 0.247 e. The van der Waals surface area contributed by atoms with Crippen LogP contribution in [0.1, 0.15) is 52.4 Å². The second kappa shape index (κ2) is 5.83. The summed E-state index contributed by atoms with van der Waals surface area (Å²) in [6.45, 7) is 4.63. The monoisotopic (exact) mass is 252 g/mol. The lowest BCUT2D eigenvalue weighted by molar-refractivity contribution is -0.140. The summed E-state index contributed by atoms with van der Waals surface area (Å²) >= 11 is 0. The van der Waals surface area contributed by atoms with Crippen LogP contribution in [-0.2, 0) is 9.59 Å². The van der Waals surface area contributed by atoms with Crippen LogP contribution in [0.25, 0.3) is 0 Å². The molecule has 102 valence electrons. The van der Waals surface area contributed by atoms with Crippen molar-refractivity contribution >= 4 is 11.8 Å². The van der Waals surface area contributed by atoms with Crippen molar-refractivity contribution in [3.8, 4) is 0 Å². The molecule has 0 aromatic heterocycles. The highest BCUT2D eigenvalue weighted by Gasteiger charge is 2.39. The molecule has 1 heterocycles. The average Bonchev–Trinajstić information content (AvgIpc) is 2.88. The molecule has 2 aliphatic rings. The van der Waals surface area contributed by atoms with Gasteiger partial charge in [-0.15, -0.1) is 0 Å². The fourth-order valence-electron chi connectivity index (χ4n) is 3.11. The van der Waals surface area contributed by atoms with E-state index in [9.17, 15) is 9.59 Å². The fraction of sp³-hybridized carbons (Fsp3) is 0.857. The van der Waals surface area contributed by atoms with Crippen LogP contribution in [0.2, 0.25) is 0 Å². The Bertz CT molecular complexity index is 322. The number of likely N-dealkylation sites (tertiary alicyclic amines) is 1. The summed E-state index contributed by atoms with van der Waals surface area (Å²) in [5.74, 6) is 0.751. The molecule has 18 heavy (non-hydrogen) atoms. The SMILES string of the molecule is CC(C)N1C(=O)CC(NCCC2CCCC2)C1=O.